The van der Waals surface area contributed by atoms with Gasteiger partial charge in [0.1, 0.15) is 11.5 Å². The average molecular weight is 368 g/mol. The number of methoxy groups -OCH3 is 1. The molecule has 144 valence electrons. The van der Waals surface area contributed by atoms with Crippen LogP contribution in [0.25, 0.3) is 0 Å². The van der Waals surface area contributed by atoms with E-state index in [1.165, 1.54) is 5.56 Å². The van der Waals surface area contributed by atoms with E-state index in [9.17, 15) is 4.79 Å². The van der Waals surface area contributed by atoms with Crippen molar-refractivity contribution in [2.45, 2.75) is 19.4 Å². The summed E-state index contributed by atoms with van der Waals surface area (Å²) in [6, 6.07) is 16.1. The van der Waals surface area contributed by atoms with Gasteiger partial charge in [0.2, 0.25) is 5.91 Å². The maximum absolute atomic E-state index is 12.8. The van der Waals surface area contributed by atoms with Gasteiger partial charge in [-0.2, -0.15) is 0 Å². The standard InChI is InChI=1S/C22H28N2O3/c1-4-27-19-10-8-17(9-11-19)14-22(25)24-13-12-23(2)21(16-24)18-6-5-7-20(15-18)26-3/h5-11,15,21H,4,12-14,16H2,1-3H3. The van der Waals surface area contributed by atoms with Gasteiger partial charge in [0.25, 0.3) is 0 Å². The molecule has 1 amide bonds. The third-order valence-electron chi connectivity index (χ3n) is 5.07. The lowest BCUT2D eigenvalue weighted by Gasteiger charge is -2.40. The fraction of sp³-hybridized carbons (Fsp3) is 0.409. The Labute approximate surface area is 161 Å². The number of carbonyl (C=O) groups excluding carboxylic acids is 1. The minimum Gasteiger partial charge on any atom is -0.497 e. The van der Waals surface area contributed by atoms with Gasteiger partial charge in [-0.25, -0.2) is 0 Å². The van der Waals surface area contributed by atoms with Crippen LogP contribution in [-0.2, 0) is 11.2 Å². The highest BCUT2D eigenvalue weighted by atomic mass is 16.5. The van der Waals surface area contributed by atoms with E-state index in [4.69, 9.17) is 9.47 Å². The molecule has 0 aliphatic carbocycles. The first-order chi connectivity index (χ1) is 13.1. The van der Waals surface area contributed by atoms with Crippen LogP contribution in [0.2, 0.25) is 0 Å². The van der Waals surface area contributed by atoms with E-state index in [1.54, 1.807) is 7.11 Å². The SMILES string of the molecule is CCOc1ccc(CC(=O)N2CCN(C)C(c3cccc(OC)c3)C2)cc1. The lowest BCUT2D eigenvalue weighted by molar-refractivity contribution is -0.133. The molecule has 5 nitrogen and oxygen atoms in total. The van der Waals surface area contributed by atoms with E-state index in [0.717, 1.165) is 30.2 Å². The lowest BCUT2D eigenvalue weighted by Crippen LogP contribution is -2.49. The van der Waals surface area contributed by atoms with Crippen molar-refractivity contribution in [3.05, 3.63) is 59.7 Å². The zero-order valence-electron chi connectivity index (χ0n) is 16.4. The third-order valence-corrected chi connectivity index (χ3v) is 5.07. The van der Waals surface area contributed by atoms with Gasteiger partial charge >= 0.3 is 0 Å². The molecule has 0 N–H and O–H groups in total. The largest absolute Gasteiger partial charge is 0.497 e. The molecule has 2 aromatic rings. The van der Waals surface area contributed by atoms with Crippen LogP contribution in [0.1, 0.15) is 24.1 Å². The molecule has 1 heterocycles. The molecular weight excluding hydrogens is 340 g/mol. The number of piperazine rings is 1. The van der Waals surface area contributed by atoms with Crippen molar-refractivity contribution in [3.8, 4) is 11.5 Å². The first-order valence-corrected chi connectivity index (χ1v) is 9.44. The Bertz CT molecular complexity index is 760. The van der Waals surface area contributed by atoms with Crippen molar-refractivity contribution in [1.82, 2.24) is 9.80 Å². The molecule has 0 bridgehead atoms. The van der Waals surface area contributed by atoms with Gasteiger partial charge in [-0.05, 0) is 49.4 Å². The van der Waals surface area contributed by atoms with E-state index in [-0.39, 0.29) is 11.9 Å². The summed E-state index contributed by atoms with van der Waals surface area (Å²) < 4.78 is 10.8. The number of hydrogen-bond donors (Lipinski definition) is 0. The molecule has 5 heteroatoms. The average Bonchev–Trinajstić information content (AvgIpc) is 2.70. The predicted octanol–water partition coefficient (Wildman–Crippen LogP) is 3.15. The van der Waals surface area contributed by atoms with Crippen LogP contribution in [0, 0.1) is 0 Å². The number of nitrogens with zero attached hydrogens (tertiary/aromatic N) is 2. The molecule has 1 unspecified atom stereocenters. The molecule has 27 heavy (non-hydrogen) atoms. The van der Waals surface area contributed by atoms with E-state index in [2.05, 4.69) is 24.1 Å². The lowest BCUT2D eigenvalue weighted by atomic mass is 10.0. The zero-order valence-corrected chi connectivity index (χ0v) is 16.4. The summed E-state index contributed by atoms with van der Waals surface area (Å²) in [5.74, 6) is 1.85. The van der Waals surface area contributed by atoms with Crippen LogP contribution in [0.4, 0.5) is 0 Å². The summed E-state index contributed by atoms with van der Waals surface area (Å²) in [4.78, 5) is 17.1. The van der Waals surface area contributed by atoms with E-state index in [0.29, 0.717) is 19.6 Å². The Kier molecular flexibility index (Phi) is 6.35. The highest BCUT2D eigenvalue weighted by Gasteiger charge is 2.28. The van der Waals surface area contributed by atoms with Crippen molar-refractivity contribution in [2.24, 2.45) is 0 Å². The van der Waals surface area contributed by atoms with Crippen LogP contribution in [0.5, 0.6) is 11.5 Å². The monoisotopic (exact) mass is 368 g/mol. The van der Waals surface area contributed by atoms with Crippen molar-refractivity contribution < 1.29 is 14.3 Å². The molecule has 2 aromatic carbocycles. The van der Waals surface area contributed by atoms with E-state index < -0.39 is 0 Å². The summed E-state index contributed by atoms with van der Waals surface area (Å²) in [5, 5.41) is 0. The first kappa shape index (κ1) is 19.2. The molecule has 1 saturated heterocycles. The Morgan fingerprint density at radius 3 is 2.59 bits per heavy atom. The molecule has 1 aliphatic heterocycles. The zero-order chi connectivity index (χ0) is 19.2. The third kappa shape index (κ3) is 4.80. The minimum absolute atomic E-state index is 0.167. The Morgan fingerprint density at radius 2 is 1.89 bits per heavy atom. The van der Waals surface area contributed by atoms with Crippen LogP contribution in [0.15, 0.2) is 48.5 Å². The Morgan fingerprint density at radius 1 is 1.11 bits per heavy atom. The van der Waals surface area contributed by atoms with Gasteiger partial charge < -0.3 is 14.4 Å². The number of likely N-dealkylation sites (N-methyl/N-ethyl adjacent to an activating group) is 1. The second kappa shape index (κ2) is 8.91. The molecular formula is C22H28N2O3. The molecule has 3 rings (SSSR count). The molecule has 0 radical (unpaired) electrons. The smallest absolute Gasteiger partial charge is 0.227 e. The normalized spacial score (nSPS) is 17.6. The fourth-order valence-electron chi connectivity index (χ4n) is 3.47. The number of hydrogen-bond acceptors (Lipinski definition) is 4. The number of ether oxygens (including phenoxy) is 2. The highest BCUT2D eigenvalue weighted by molar-refractivity contribution is 5.79. The number of amides is 1. The van der Waals surface area contributed by atoms with Gasteiger partial charge in [0.05, 0.1) is 26.2 Å². The van der Waals surface area contributed by atoms with E-state index in [1.807, 2.05) is 48.2 Å². The molecule has 0 aromatic heterocycles. The molecule has 0 spiro atoms. The number of carbonyl (C=O) groups is 1. The maximum Gasteiger partial charge on any atom is 0.227 e. The van der Waals surface area contributed by atoms with Gasteiger partial charge in [-0.1, -0.05) is 24.3 Å². The summed E-state index contributed by atoms with van der Waals surface area (Å²) in [6.45, 7) is 4.91. The fourth-order valence-corrected chi connectivity index (χ4v) is 3.47. The predicted molar refractivity (Wildman–Crippen MR) is 106 cm³/mol. The summed E-state index contributed by atoms with van der Waals surface area (Å²) in [6.07, 6.45) is 0.418. The van der Waals surface area contributed by atoms with Crippen LogP contribution in [-0.4, -0.2) is 56.1 Å². The van der Waals surface area contributed by atoms with Crippen molar-refractivity contribution in [1.29, 1.82) is 0 Å². The molecule has 1 atom stereocenters. The van der Waals surface area contributed by atoms with Gasteiger partial charge in [0.15, 0.2) is 0 Å². The summed E-state index contributed by atoms with van der Waals surface area (Å²) in [5.41, 5.74) is 2.19. The summed E-state index contributed by atoms with van der Waals surface area (Å²) in [7, 11) is 3.79. The van der Waals surface area contributed by atoms with Crippen molar-refractivity contribution >= 4 is 5.91 Å². The second-order valence-corrected chi connectivity index (χ2v) is 6.87. The number of benzene rings is 2. The quantitative estimate of drug-likeness (QED) is 0.786. The topological polar surface area (TPSA) is 42.0 Å². The second-order valence-electron chi connectivity index (χ2n) is 6.87. The minimum atomic E-state index is 0.167. The molecule has 1 aliphatic rings. The van der Waals surface area contributed by atoms with Gasteiger partial charge in [-0.3, -0.25) is 9.69 Å². The van der Waals surface area contributed by atoms with E-state index >= 15 is 0 Å². The first-order valence-electron chi connectivity index (χ1n) is 9.44. The molecule has 0 saturated carbocycles. The van der Waals surface area contributed by atoms with Crippen molar-refractivity contribution in [2.75, 3.05) is 40.4 Å². The molecule has 1 fully saturated rings. The van der Waals surface area contributed by atoms with Crippen LogP contribution < -0.4 is 9.47 Å². The van der Waals surface area contributed by atoms with Gasteiger partial charge in [0, 0.05) is 19.6 Å². The highest BCUT2D eigenvalue weighted by Crippen LogP contribution is 2.27. The van der Waals surface area contributed by atoms with Crippen LogP contribution >= 0.6 is 0 Å². The Hall–Kier alpha value is -2.53. The van der Waals surface area contributed by atoms with Crippen LogP contribution in [0.3, 0.4) is 0 Å². The summed E-state index contributed by atoms with van der Waals surface area (Å²) >= 11 is 0. The number of rotatable bonds is 6. The van der Waals surface area contributed by atoms with Gasteiger partial charge in [-0.15, -0.1) is 0 Å². The Balaban J connectivity index is 1.66. The maximum atomic E-state index is 12.8. The van der Waals surface area contributed by atoms with Crippen molar-refractivity contribution in [3.63, 3.8) is 0 Å².